The number of carbonyl (C=O) groups is 1. The van der Waals surface area contributed by atoms with Crippen LogP contribution in [0.25, 0.3) is 0 Å². The molecule has 70 valence electrons. The molecular formula is C7H8N2O3S. The van der Waals surface area contributed by atoms with Crippen LogP contribution in [-0.2, 0) is 4.79 Å². The third kappa shape index (κ3) is 2.59. The molecule has 1 aliphatic heterocycles. The van der Waals surface area contributed by atoms with E-state index in [0.29, 0.717) is 11.6 Å². The van der Waals surface area contributed by atoms with Crippen LogP contribution in [0.4, 0.5) is 0 Å². The largest absolute Gasteiger partial charge is 0.298 e. The first-order valence-electron chi connectivity index (χ1n) is 3.56. The van der Waals surface area contributed by atoms with Crippen LogP contribution in [0.2, 0.25) is 0 Å². The number of nitrogens with zero attached hydrogens (tertiary/aromatic N) is 2. The highest BCUT2D eigenvalue weighted by Gasteiger charge is 2.18. The normalized spacial score (nSPS) is 19.2. The Balaban J connectivity index is 2.87. The van der Waals surface area contributed by atoms with Gasteiger partial charge in [0.25, 0.3) is 6.20 Å². The summed E-state index contributed by atoms with van der Waals surface area (Å²) in [6.45, 7) is 1.79. The van der Waals surface area contributed by atoms with Crippen LogP contribution in [0.3, 0.4) is 0 Å². The van der Waals surface area contributed by atoms with Crippen molar-refractivity contribution < 1.29 is 9.72 Å². The SMILES string of the molecule is CC(=O)N1CC=CSC1=C[N+](=O)[O-]. The quantitative estimate of drug-likeness (QED) is 0.471. The fourth-order valence-corrected chi connectivity index (χ4v) is 1.69. The first-order chi connectivity index (χ1) is 6.11. The van der Waals surface area contributed by atoms with Gasteiger partial charge in [0.05, 0.1) is 4.92 Å². The van der Waals surface area contributed by atoms with Crippen molar-refractivity contribution in [1.29, 1.82) is 0 Å². The van der Waals surface area contributed by atoms with Gasteiger partial charge >= 0.3 is 0 Å². The summed E-state index contributed by atoms with van der Waals surface area (Å²) >= 11 is 1.17. The van der Waals surface area contributed by atoms with Crippen molar-refractivity contribution in [2.45, 2.75) is 6.92 Å². The first kappa shape index (κ1) is 9.79. The average Bonchev–Trinajstić information content (AvgIpc) is 2.03. The van der Waals surface area contributed by atoms with E-state index in [4.69, 9.17) is 0 Å². The van der Waals surface area contributed by atoms with Crippen LogP contribution in [0.5, 0.6) is 0 Å². The first-order valence-corrected chi connectivity index (χ1v) is 4.44. The van der Waals surface area contributed by atoms with Crippen molar-refractivity contribution >= 4 is 17.7 Å². The summed E-state index contributed by atoms with van der Waals surface area (Å²) in [6.07, 6.45) is 2.62. The van der Waals surface area contributed by atoms with Crippen molar-refractivity contribution in [3.05, 3.63) is 32.8 Å². The summed E-state index contributed by atoms with van der Waals surface area (Å²) in [5, 5.41) is 12.3. The Hall–Kier alpha value is -1.30. The van der Waals surface area contributed by atoms with Crippen molar-refractivity contribution in [3.8, 4) is 0 Å². The van der Waals surface area contributed by atoms with E-state index in [2.05, 4.69) is 0 Å². The third-order valence-electron chi connectivity index (χ3n) is 1.43. The van der Waals surface area contributed by atoms with Crippen LogP contribution in [0, 0.1) is 10.1 Å². The lowest BCUT2D eigenvalue weighted by atomic mass is 10.5. The maximum absolute atomic E-state index is 11.0. The zero-order valence-corrected chi connectivity index (χ0v) is 7.78. The highest BCUT2D eigenvalue weighted by Crippen LogP contribution is 2.25. The number of hydrogen-bond donors (Lipinski definition) is 0. The van der Waals surface area contributed by atoms with Crippen molar-refractivity contribution in [3.63, 3.8) is 0 Å². The van der Waals surface area contributed by atoms with E-state index in [-0.39, 0.29) is 5.91 Å². The second-order valence-corrected chi connectivity index (χ2v) is 3.30. The molecule has 0 radical (unpaired) electrons. The minimum atomic E-state index is -0.558. The van der Waals surface area contributed by atoms with Gasteiger partial charge in [-0.1, -0.05) is 17.8 Å². The molecular weight excluding hydrogens is 192 g/mol. The summed E-state index contributed by atoms with van der Waals surface area (Å²) in [7, 11) is 0. The summed E-state index contributed by atoms with van der Waals surface area (Å²) in [4.78, 5) is 22.0. The van der Waals surface area contributed by atoms with Crippen LogP contribution in [0.15, 0.2) is 22.7 Å². The molecule has 0 aromatic rings. The molecule has 0 aliphatic carbocycles. The predicted octanol–water partition coefficient (Wildman–Crippen LogP) is 1.17. The van der Waals surface area contributed by atoms with Crippen LogP contribution in [0.1, 0.15) is 6.92 Å². The van der Waals surface area contributed by atoms with E-state index in [0.717, 1.165) is 6.20 Å². The third-order valence-corrected chi connectivity index (χ3v) is 2.33. The van der Waals surface area contributed by atoms with Gasteiger partial charge in [0.2, 0.25) is 5.91 Å². The number of carbonyl (C=O) groups excluding carboxylic acids is 1. The average molecular weight is 200 g/mol. The molecule has 6 heteroatoms. The molecule has 0 bridgehead atoms. The molecule has 1 heterocycles. The Morgan fingerprint density at radius 2 is 2.54 bits per heavy atom. The van der Waals surface area contributed by atoms with Crippen molar-refractivity contribution in [2.75, 3.05) is 6.54 Å². The Morgan fingerprint density at radius 3 is 3.08 bits per heavy atom. The summed E-state index contributed by atoms with van der Waals surface area (Å²) in [6, 6.07) is 0. The van der Waals surface area contributed by atoms with Gasteiger partial charge < -0.3 is 0 Å². The maximum atomic E-state index is 11.0. The standard InChI is InChI=1S/C7H8N2O3S/c1-6(10)8-3-2-4-13-7(8)5-9(11)12/h2,4-5H,3H2,1H3. The topological polar surface area (TPSA) is 63.5 Å². The van der Waals surface area contributed by atoms with Gasteiger partial charge in [-0.3, -0.25) is 19.8 Å². The number of amides is 1. The molecule has 1 aliphatic rings. The van der Waals surface area contributed by atoms with Crippen LogP contribution in [-0.4, -0.2) is 22.3 Å². The fourth-order valence-electron chi connectivity index (χ4n) is 0.894. The van der Waals surface area contributed by atoms with E-state index in [1.165, 1.54) is 23.6 Å². The van der Waals surface area contributed by atoms with E-state index in [1.54, 1.807) is 11.5 Å². The molecule has 5 nitrogen and oxygen atoms in total. The Labute approximate surface area is 79.2 Å². The molecule has 0 spiro atoms. The highest BCUT2D eigenvalue weighted by atomic mass is 32.2. The Kier molecular flexibility index (Phi) is 3.07. The zero-order chi connectivity index (χ0) is 9.84. The number of thioether (sulfide) groups is 1. The molecule has 0 unspecified atom stereocenters. The number of hydrogen-bond acceptors (Lipinski definition) is 4. The van der Waals surface area contributed by atoms with E-state index in [1.807, 2.05) is 0 Å². The fraction of sp³-hybridized carbons (Fsp3) is 0.286. The van der Waals surface area contributed by atoms with Gasteiger partial charge in [0.15, 0.2) is 5.03 Å². The van der Waals surface area contributed by atoms with Gasteiger partial charge in [-0.2, -0.15) is 0 Å². The van der Waals surface area contributed by atoms with Gasteiger partial charge in [-0.05, 0) is 5.41 Å². The maximum Gasteiger partial charge on any atom is 0.264 e. The Bertz CT molecular complexity index is 298. The molecule has 0 saturated heterocycles. The predicted molar refractivity (Wildman–Crippen MR) is 49.2 cm³/mol. The van der Waals surface area contributed by atoms with Crippen LogP contribution >= 0.6 is 11.8 Å². The molecule has 13 heavy (non-hydrogen) atoms. The monoisotopic (exact) mass is 200 g/mol. The second kappa shape index (κ2) is 4.08. The van der Waals surface area contributed by atoms with E-state index < -0.39 is 4.92 Å². The summed E-state index contributed by atoms with van der Waals surface area (Å²) in [5.74, 6) is -0.190. The van der Waals surface area contributed by atoms with E-state index >= 15 is 0 Å². The lowest BCUT2D eigenvalue weighted by Gasteiger charge is -2.21. The Morgan fingerprint density at radius 1 is 1.85 bits per heavy atom. The lowest BCUT2D eigenvalue weighted by Crippen LogP contribution is -2.28. The molecule has 0 fully saturated rings. The van der Waals surface area contributed by atoms with Gasteiger partial charge in [-0.25, -0.2) is 0 Å². The van der Waals surface area contributed by atoms with Crippen molar-refractivity contribution in [1.82, 2.24) is 4.90 Å². The zero-order valence-electron chi connectivity index (χ0n) is 6.97. The van der Waals surface area contributed by atoms with E-state index in [9.17, 15) is 14.9 Å². The molecule has 0 aromatic carbocycles. The number of nitro groups is 1. The molecule has 0 atom stereocenters. The molecule has 0 aromatic heterocycles. The van der Waals surface area contributed by atoms with Gasteiger partial charge in [0, 0.05) is 13.5 Å². The summed E-state index contributed by atoms with van der Waals surface area (Å²) < 4.78 is 0. The van der Waals surface area contributed by atoms with Crippen molar-refractivity contribution in [2.24, 2.45) is 0 Å². The van der Waals surface area contributed by atoms with Gasteiger partial charge in [-0.15, -0.1) is 0 Å². The lowest BCUT2D eigenvalue weighted by molar-refractivity contribution is -0.403. The second-order valence-electron chi connectivity index (χ2n) is 2.37. The highest BCUT2D eigenvalue weighted by molar-refractivity contribution is 8.05. The van der Waals surface area contributed by atoms with Crippen LogP contribution < -0.4 is 0 Å². The molecule has 1 rings (SSSR count). The molecule has 0 saturated carbocycles. The smallest absolute Gasteiger partial charge is 0.264 e. The summed E-state index contributed by atoms with van der Waals surface area (Å²) in [5.41, 5.74) is 0. The minimum absolute atomic E-state index is 0.190. The minimum Gasteiger partial charge on any atom is -0.298 e. The number of rotatable bonds is 1. The molecule has 0 N–H and O–H groups in total. The van der Waals surface area contributed by atoms with Gasteiger partial charge in [0.1, 0.15) is 0 Å². The molecule has 1 amide bonds.